The van der Waals surface area contributed by atoms with Crippen molar-refractivity contribution < 1.29 is 59.4 Å². The van der Waals surface area contributed by atoms with Gasteiger partial charge >= 0.3 is 35.8 Å². The van der Waals surface area contributed by atoms with E-state index in [1.54, 1.807) is 13.8 Å². The summed E-state index contributed by atoms with van der Waals surface area (Å²) in [5.41, 5.74) is 16.3. The summed E-state index contributed by atoms with van der Waals surface area (Å²) in [5, 5.41) is 123. The normalized spacial score (nSPS) is 14.7. The fourth-order valence-electron chi connectivity index (χ4n) is 19.2. The Labute approximate surface area is 885 Å². The molecular weight excluding hydrogens is 2000 g/mol. The predicted molar refractivity (Wildman–Crippen MR) is 586 cm³/mol. The number of nitrogens with zero attached hydrogens (tertiary/aromatic N) is 19. The largest absolute Gasteiger partial charge is 0.481 e. The number of carboxylic acids is 6. The zero-order valence-electron chi connectivity index (χ0n) is 84.9. The van der Waals surface area contributed by atoms with Crippen molar-refractivity contribution in [2.75, 3.05) is 11.5 Å². The van der Waals surface area contributed by atoms with Crippen LogP contribution in [0.3, 0.4) is 0 Å². The van der Waals surface area contributed by atoms with Crippen molar-refractivity contribution in [2.24, 2.45) is 0 Å². The lowest BCUT2D eigenvalue weighted by molar-refractivity contribution is -0.143. The van der Waals surface area contributed by atoms with Gasteiger partial charge in [-0.05, 0) is 295 Å². The lowest BCUT2D eigenvalue weighted by Gasteiger charge is -2.36. The Morgan fingerprint density at radius 2 is 0.591 bits per heavy atom. The third kappa shape index (κ3) is 21.5. The van der Waals surface area contributed by atoms with Crippen LogP contribution in [0.15, 0.2) is 231 Å². The van der Waals surface area contributed by atoms with E-state index in [9.17, 15) is 49.2 Å². The number of aliphatic carboxylic acids is 6. The molecule has 0 spiro atoms. The van der Waals surface area contributed by atoms with Crippen molar-refractivity contribution in [1.29, 1.82) is 0 Å². The molecule has 23 rings (SSSR count). The molecule has 0 saturated heterocycles. The maximum Gasteiger partial charge on any atom is 0.320 e. The molecule has 0 radical (unpaired) electrons. The summed E-state index contributed by atoms with van der Waals surface area (Å²) in [6.07, 6.45) is 11.9. The monoisotopic (exact) mass is 2110 g/mol. The van der Waals surface area contributed by atoms with Crippen LogP contribution < -0.4 is 0 Å². The Hall–Kier alpha value is -14.1. The molecule has 0 atom stereocenters. The standard InChI is InChI=1S/C21H21N3O2S.C19H22N4O2S.2C19H19N3O2S.C18H17N3O2S.C16H15N3O2S/c1-13-22-23-20(27-21(19(25)26)11-4-12-21)24(13)18-10-9-15(14-7-8-14)16-5-2-3-6-17(16)18;1-10-9-11(2)16(15-14(10)8-7-12(3)20-15)23-13(4)21-22-18(23)26-19(5,6)17(24)25;2*1-12-8-9-16(15-7-4-3-6-14(12)15)22-13(2)20-21-18(22)25-19(17(23)24)10-5-11-19;1-11-19-20-18(24-10-17(22)23)21(11)16-9-8-13(12-6-7-12)14-4-2-3-5-15(14)16;1-10-7-8-14(13-6-4-3-5-12(10)13)19-11(2)17-18-16(19)22-9-15(20)21/h2-3,5-6,9-10,14H,4,7-8,11-12H2,1H3,(H,25,26);7-9H,1-6H3,(H,24,25);2*3-4,6-9H,5,10-11H2,1-2H3,(H,23,24);2-5,8-9,12H,6-7,10H2,1H3,(H,22,23);3-8H,9H2,1-2H3,(H,20,21). The van der Waals surface area contributed by atoms with Crippen molar-refractivity contribution in [2.45, 2.75) is 242 Å². The number of carbonyl (C=O) groups is 6. The first-order chi connectivity index (χ1) is 71.5. The van der Waals surface area contributed by atoms with Crippen LogP contribution in [-0.4, -0.2) is 191 Å². The Balaban J connectivity index is 0.000000117. The van der Waals surface area contributed by atoms with Gasteiger partial charge in [-0.2, -0.15) is 0 Å². The fraction of sp³-hybridized carbons (Fsp3) is 0.312. The number of hydrogen-bond donors (Lipinski definition) is 6. The fourth-order valence-corrected chi connectivity index (χ4v) is 25.5. The predicted octanol–water partition coefficient (Wildman–Crippen LogP) is 24.0. The number of aromatic nitrogens is 19. The van der Waals surface area contributed by atoms with Gasteiger partial charge < -0.3 is 30.6 Å². The molecule has 37 heteroatoms. The number of benzene rings is 11. The summed E-state index contributed by atoms with van der Waals surface area (Å²) in [6, 6.07) is 68.7. The summed E-state index contributed by atoms with van der Waals surface area (Å²) in [6.45, 7) is 27.0. The van der Waals surface area contributed by atoms with E-state index in [2.05, 4.69) is 234 Å². The minimum atomic E-state index is -1.02. The van der Waals surface area contributed by atoms with Crippen molar-refractivity contribution in [1.82, 2.24) is 93.6 Å². The van der Waals surface area contributed by atoms with E-state index < -0.39 is 54.8 Å². The summed E-state index contributed by atoms with van der Waals surface area (Å²) < 4.78 is 8.45. The number of fused-ring (bicyclic) bond motifs is 6. The average Bonchev–Trinajstić information content (AvgIpc) is 1.61. The number of aryl methyl sites for hydroxylation is 12. The van der Waals surface area contributed by atoms with Gasteiger partial charge in [0.15, 0.2) is 30.9 Å². The van der Waals surface area contributed by atoms with E-state index >= 15 is 0 Å². The summed E-state index contributed by atoms with van der Waals surface area (Å²) in [7, 11) is 0. The molecule has 7 heterocycles. The van der Waals surface area contributed by atoms with Gasteiger partial charge in [0.25, 0.3) is 0 Å². The first-order valence-electron chi connectivity index (χ1n) is 49.3. The Kier molecular flexibility index (Phi) is 30.7. The molecular formula is C112H113N19O12S6. The van der Waals surface area contributed by atoms with Gasteiger partial charge in [-0.3, -0.25) is 61.2 Å². The van der Waals surface area contributed by atoms with Crippen LogP contribution in [0.5, 0.6) is 0 Å². The Bertz CT molecular complexity index is 8110. The molecule has 7 aromatic heterocycles. The number of rotatable bonds is 26. The molecule has 31 nitrogen and oxygen atoms in total. The van der Waals surface area contributed by atoms with Crippen LogP contribution in [0.4, 0.5) is 0 Å². The van der Waals surface area contributed by atoms with Gasteiger partial charge in [0.1, 0.15) is 53.9 Å². The van der Waals surface area contributed by atoms with Crippen LogP contribution in [-0.2, 0) is 28.8 Å². The molecule has 0 bridgehead atoms. The first-order valence-corrected chi connectivity index (χ1v) is 54.5. The van der Waals surface area contributed by atoms with Crippen molar-refractivity contribution in [3.8, 4) is 34.1 Å². The molecule has 0 aliphatic heterocycles. The number of hydrogen-bond acceptors (Lipinski definition) is 25. The number of carboxylic acid groups (broad SMARTS) is 6. The second kappa shape index (κ2) is 43.6. The smallest absolute Gasteiger partial charge is 0.320 e. The maximum absolute atomic E-state index is 11.8. The molecule has 0 amide bonds. The van der Waals surface area contributed by atoms with Gasteiger partial charge in [-0.1, -0.05) is 234 Å². The lowest BCUT2D eigenvalue weighted by Crippen LogP contribution is -2.42. The molecule has 764 valence electrons. The molecule has 5 aliphatic carbocycles. The molecule has 0 unspecified atom stereocenters. The molecule has 18 aromatic rings. The lowest BCUT2D eigenvalue weighted by atomic mass is 9.84. The van der Waals surface area contributed by atoms with Gasteiger partial charge in [0.2, 0.25) is 0 Å². The van der Waals surface area contributed by atoms with Gasteiger partial charge in [-0.15, -0.1) is 61.2 Å². The van der Waals surface area contributed by atoms with Gasteiger partial charge in [0.05, 0.1) is 51.1 Å². The minimum absolute atomic E-state index is 0.0315. The first kappa shape index (κ1) is 105. The van der Waals surface area contributed by atoms with E-state index in [-0.39, 0.29) is 11.5 Å². The zero-order valence-corrected chi connectivity index (χ0v) is 89.8. The summed E-state index contributed by atoms with van der Waals surface area (Å²) in [4.78, 5) is 73.3. The molecule has 6 N–H and O–H groups in total. The molecule has 5 aliphatic rings. The van der Waals surface area contributed by atoms with E-state index in [0.29, 0.717) is 87.1 Å². The van der Waals surface area contributed by atoms with E-state index in [1.807, 2.05) is 137 Å². The highest BCUT2D eigenvalue weighted by Gasteiger charge is 2.50. The van der Waals surface area contributed by atoms with E-state index in [0.717, 1.165) is 132 Å². The van der Waals surface area contributed by atoms with Crippen LogP contribution in [0, 0.1) is 83.1 Å². The highest BCUT2D eigenvalue weighted by molar-refractivity contribution is 8.02. The second-order valence-corrected chi connectivity index (χ2v) is 46.3. The van der Waals surface area contributed by atoms with Crippen molar-refractivity contribution in [3.63, 3.8) is 0 Å². The molecule has 11 aromatic carbocycles. The summed E-state index contributed by atoms with van der Waals surface area (Å²) in [5.74, 6) is 0.874. The SMILES string of the molecule is Cc1ccc(-n2c(C)nnc2SC2(C(=O)O)CCC2)c2ccccc12.Cc1ccc(-n2c(C)nnc2SC2(C(=O)O)CCC2)c2ccccc12.Cc1ccc(-n2c(C)nnc2SCC(=O)O)c2ccccc12.Cc1ccc2c(C)cc(C)c(-n3c(C)nnc3SC(C)(C)C(=O)O)c2n1.Cc1nnc(SC2(C(=O)O)CCC2)n1-c1ccc(C2CC2)c2ccccc12.Cc1nnc(SCC(=O)O)n1-c1ccc(C2CC2)c2ccccc12. The van der Waals surface area contributed by atoms with Crippen molar-refractivity contribution >= 4 is 171 Å². The third-order valence-electron chi connectivity index (χ3n) is 28.0. The number of thioether (sulfide) groups is 6. The van der Waals surface area contributed by atoms with E-state index in [1.165, 1.54) is 156 Å². The van der Waals surface area contributed by atoms with Gasteiger partial charge in [-0.25, -0.2) is 0 Å². The molecule has 5 saturated carbocycles. The highest BCUT2D eigenvalue weighted by Crippen LogP contribution is 2.53. The quantitative estimate of drug-likeness (QED) is 0.0274. The minimum Gasteiger partial charge on any atom is -0.481 e. The van der Waals surface area contributed by atoms with Gasteiger partial charge in [0, 0.05) is 38.0 Å². The van der Waals surface area contributed by atoms with Crippen molar-refractivity contribution in [3.05, 3.63) is 280 Å². The maximum atomic E-state index is 11.8. The zero-order chi connectivity index (χ0) is 105. The Morgan fingerprint density at radius 1 is 0.309 bits per heavy atom. The van der Waals surface area contributed by atoms with Crippen LogP contribution in [0.1, 0.15) is 189 Å². The molecule has 149 heavy (non-hydrogen) atoms. The number of pyridine rings is 1. The second-order valence-electron chi connectivity index (χ2n) is 38.8. The van der Waals surface area contributed by atoms with Crippen LogP contribution in [0.25, 0.3) is 98.9 Å². The van der Waals surface area contributed by atoms with Crippen LogP contribution >= 0.6 is 70.6 Å². The average molecular weight is 2110 g/mol. The Morgan fingerprint density at radius 3 is 0.886 bits per heavy atom. The van der Waals surface area contributed by atoms with E-state index in [4.69, 9.17) is 15.2 Å². The summed E-state index contributed by atoms with van der Waals surface area (Å²) >= 11 is 7.56. The highest BCUT2D eigenvalue weighted by atomic mass is 32.2. The molecule has 5 fully saturated rings. The van der Waals surface area contributed by atoms with Crippen LogP contribution in [0.2, 0.25) is 0 Å². The third-order valence-corrected chi connectivity index (χ3v) is 35.2. The topological polar surface area (TPSA) is 421 Å².